The third-order valence-electron chi connectivity index (χ3n) is 4.76. The SMILES string of the molecule is CCCCOCCCNCC1CCC2(CCCCC2)O1. The first-order chi connectivity index (χ1) is 9.85. The Morgan fingerprint density at radius 2 is 1.90 bits per heavy atom. The monoisotopic (exact) mass is 283 g/mol. The number of ether oxygens (including phenoxy) is 2. The second-order valence-electron chi connectivity index (χ2n) is 6.55. The highest BCUT2D eigenvalue weighted by Crippen LogP contribution is 2.41. The smallest absolute Gasteiger partial charge is 0.0708 e. The van der Waals surface area contributed by atoms with E-state index >= 15 is 0 Å². The van der Waals surface area contributed by atoms with Gasteiger partial charge >= 0.3 is 0 Å². The second-order valence-corrected chi connectivity index (χ2v) is 6.55. The Balaban J connectivity index is 1.46. The summed E-state index contributed by atoms with van der Waals surface area (Å²) in [4.78, 5) is 0. The molecule has 1 saturated carbocycles. The third kappa shape index (κ3) is 5.34. The Bertz CT molecular complexity index is 251. The van der Waals surface area contributed by atoms with Gasteiger partial charge < -0.3 is 14.8 Å². The standard InChI is InChI=1S/C17H33NO2/c1-2-3-13-19-14-7-12-18-15-16-8-11-17(20-16)9-5-4-6-10-17/h16,18H,2-15H2,1H3. The van der Waals surface area contributed by atoms with E-state index in [1.54, 1.807) is 0 Å². The summed E-state index contributed by atoms with van der Waals surface area (Å²) >= 11 is 0. The van der Waals surface area contributed by atoms with Crippen molar-refractivity contribution in [3.05, 3.63) is 0 Å². The fraction of sp³-hybridized carbons (Fsp3) is 1.00. The molecule has 1 aliphatic heterocycles. The van der Waals surface area contributed by atoms with Gasteiger partial charge in [0.15, 0.2) is 0 Å². The number of hydrogen-bond acceptors (Lipinski definition) is 3. The van der Waals surface area contributed by atoms with Crippen molar-refractivity contribution in [3.8, 4) is 0 Å². The molecule has 3 nitrogen and oxygen atoms in total. The summed E-state index contributed by atoms with van der Waals surface area (Å²) in [5, 5.41) is 3.54. The summed E-state index contributed by atoms with van der Waals surface area (Å²) in [6, 6.07) is 0. The molecule has 0 aromatic carbocycles. The molecule has 1 saturated heterocycles. The van der Waals surface area contributed by atoms with Crippen LogP contribution in [0.2, 0.25) is 0 Å². The first kappa shape index (κ1) is 16.3. The van der Waals surface area contributed by atoms with Crippen molar-refractivity contribution >= 4 is 0 Å². The topological polar surface area (TPSA) is 30.5 Å². The van der Waals surface area contributed by atoms with Crippen LogP contribution in [0, 0.1) is 0 Å². The zero-order valence-corrected chi connectivity index (χ0v) is 13.3. The molecule has 0 amide bonds. The van der Waals surface area contributed by atoms with E-state index in [0.717, 1.165) is 32.7 Å². The number of rotatable bonds is 9. The molecule has 2 fully saturated rings. The van der Waals surface area contributed by atoms with Crippen molar-refractivity contribution in [3.63, 3.8) is 0 Å². The molecule has 1 heterocycles. The molecule has 0 bridgehead atoms. The van der Waals surface area contributed by atoms with Crippen LogP contribution in [-0.4, -0.2) is 38.0 Å². The third-order valence-corrected chi connectivity index (χ3v) is 4.76. The van der Waals surface area contributed by atoms with Crippen molar-refractivity contribution < 1.29 is 9.47 Å². The lowest BCUT2D eigenvalue weighted by Crippen LogP contribution is -2.35. The van der Waals surface area contributed by atoms with E-state index in [9.17, 15) is 0 Å². The largest absolute Gasteiger partial charge is 0.381 e. The highest BCUT2D eigenvalue weighted by atomic mass is 16.5. The van der Waals surface area contributed by atoms with Crippen LogP contribution in [-0.2, 0) is 9.47 Å². The van der Waals surface area contributed by atoms with Crippen molar-refractivity contribution in [2.45, 2.75) is 82.8 Å². The van der Waals surface area contributed by atoms with Gasteiger partial charge in [0.1, 0.15) is 0 Å². The lowest BCUT2D eigenvalue weighted by molar-refractivity contribution is -0.0623. The van der Waals surface area contributed by atoms with E-state index in [1.165, 1.54) is 57.8 Å². The summed E-state index contributed by atoms with van der Waals surface area (Å²) in [6.45, 7) is 6.09. The maximum absolute atomic E-state index is 6.36. The fourth-order valence-corrected chi connectivity index (χ4v) is 3.51. The van der Waals surface area contributed by atoms with Gasteiger partial charge in [0.25, 0.3) is 0 Å². The first-order valence-corrected chi connectivity index (χ1v) is 8.81. The van der Waals surface area contributed by atoms with Crippen LogP contribution < -0.4 is 5.32 Å². The van der Waals surface area contributed by atoms with Crippen molar-refractivity contribution in [1.82, 2.24) is 5.32 Å². The molecule has 118 valence electrons. The Labute approximate surface area is 124 Å². The Morgan fingerprint density at radius 1 is 1.10 bits per heavy atom. The molecule has 1 spiro atoms. The molecule has 1 atom stereocenters. The molecule has 1 N–H and O–H groups in total. The molecule has 1 aliphatic carbocycles. The average Bonchev–Trinajstić information content (AvgIpc) is 2.85. The summed E-state index contributed by atoms with van der Waals surface area (Å²) in [5.41, 5.74) is 0.272. The minimum atomic E-state index is 0.272. The summed E-state index contributed by atoms with van der Waals surface area (Å²) in [7, 11) is 0. The van der Waals surface area contributed by atoms with Crippen LogP contribution in [0.25, 0.3) is 0 Å². The molecule has 20 heavy (non-hydrogen) atoms. The highest BCUT2D eigenvalue weighted by molar-refractivity contribution is 4.91. The number of nitrogens with one attached hydrogen (secondary N) is 1. The number of hydrogen-bond donors (Lipinski definition) is 1. The van der Waals surface area contributed by atoms with Gasteiger partial charge in [-0.25, -0.2) is 0 Å². The maximum Gasteiger partial charge on any atom is 0.0708 e. The fourth-order valence-electron chi connectivity index (χ4n) is 3.51. The molecule has 2 rings (SSSR count). The predicted octanol–water partition coefficient (Wildman–Crippen LogP) is 3.66. The molecule has 0 aromatic heterocycles. The lowest BCUT2D eigenvalue weighted by atomic mass is 9.83. The van der Waals surface area contributed by atoms with Crippen LogP contribution in [0.1, 0.15) is 71.1 Å². The summed E-state index contributed by atoms with van der Waals surface area (Å²) in [6.07, 6.45) is 13.3. The lowest BCUT2D eigenvalue weighted by Gasteiger charge is -2.33. The average molecular weight is 283 g/mol. The van der Waals surface area contributed by atoms with Gasteiger partial charge in [0.2, 0.25) is 0 Å². The van der Waals surface area contributed by atoms with Crippen LogP contribution >= 0.6 is 0 Å². The van der Waals surface area contributed by atoms with Crippen molar-refractivity contribution in [1.29, 1.82) is 0 Å². The molecular weight excluding hydrogens is 250 g/mol. The highest BCUT2D eigenvalue weighted by Gasteiger charge is 2.40. The zero-order chi connectivity index (χ0) is 14.1. The van der Waals surface area contributed by atoms with E-state index in [-0.39, 0.29) is 5.60 Å². The first-order valence-electron chi connectivity index (χ1n) is 8.81. The quantitative estimate of drug-likeness (QED) is 0.655. The summed E-state index contributed by atoms with van der Waals surface area (Å²) < 4.78 is 11.9. The molecule has 0 aromatic rings. The van der Waals surface area contributed by atoms with Gasteiger partial charge in [-0.3, -0.25) is 0 Å². The molecule has 0 radical (unpaired) electrons. The van der Waals surface area contributed by atoms with E-state index in [2.05, 4.69) is 12.2 Å². The van der Waals surface area contributed by atoms with Crippen LogP contribution in [0.3, 0.4) is 0 Å². The zero-order valence-electron chi connectivity index (χ0n) is 13.3. The Morgan fingerprint density at radius 3 is 2.70 bits per heavy atom. The predicted molar refractivity (Wildman–Crippen MR) is 83.1 cm³/mol. The van der Waals surface area contributed by atoms with Crippen LogP contribution in [0.4, 0.5) is 0 Å². The van der Waals surface area contributed by atoms with Gasteiger partial charge in [0.05, 0.1) is 11.7 Å². The normalized spacial score (nSPS) is 25.4. The minimum Gasteiger partial charge on any atom is -0.381 e. The van der Waals surface area contributed by atoms with Gasteiger partial charge in [-0.15, -0.1) is 0 Å². The second kappa shape index (κ2) is 9.01. The molecule has 1 unspecified atom stereocenters. The van der Waals surface area contributed by atoms with Gasteiger partial charge in [-0.05, 0) is 45.1 Å². The van der Waals surface area contributed by atoms with Gasteiger partial charge in [0, 0.05) is 19.8 Å². The maximum atomic E-state index is 6.36. The molecular formula is C17H33NO2. The minimum absolute atomic E-state index is 0.272. The van der Waals surface area contributed by atoms with Crippen molar-refractivity contribution in [2.24, 2.45) is 0 Å². The summed E-state index contributed by atoms with van der Waals surface area (Å²) in [5.74, 6) is 0. The van der Waals surface area contributed by atoms with E-state index in [1.807, 2.05) is 0 Å². The van der Waals surface area contributed by atoms with E-state index in [4.69, 9.17) is 9.47 Å². The Hall–Kier alpha value is -0.120. The number of unbranched alkanes of at least 4 members (excludes halogenated alkanes) is 1. The van der Waals surface area contributed by atoms with Crippen LogP contribution in [0.5, 0.6) is 0 Å². The Kier molecular flexibility index (Phi) is 7.32. The van der Waals surface area contributed by atoms with Crippen molar-refractivity contribution in [2.75, 3.05) is 26.3 Å². The van der Waals surface area contributed by atoms with E-state index < -0.39 is 0 Å². The van der Waals surface area contributed by atoms with Gasteiger partial charge in [-0.1, -0.05) is 32.6 Å². The van der Waals surface area contributed by atoms with E-state index in [0.29, 0.717) is 6.10 Å². The molecule has 3 heteroatoms. The molecule has 2 aliphatic rings. The van der Waals surface area contributed by atoms with Crippen LogP contribution in [0.15, 0.2) is 0 Å². The van der Waals surface area contributed by atoms with Gasteiger partial charge in [-0.2, -0.15) is 0 Å².